The molecule has 0 fully saturated rings. The van der Waals surface area contributed by atoms with E-state index < -0.39 is 0 Å². The third kappa shape index (κ3) is 4.41. The molecule has 0 atom stereocenters. The van der Waals surface area contributed by atoms with Gasteiger partial charge in [-0.25, -0.2) is 0 Å². The number of carbonyl (C=O) groups is 1. The lowest BCUT2D eigenvalue weighted by molar-refractivity contribution is 0.0989. The lowest BCUT2D eigenvalue weighted by atomic mass is 9.96. The Balaban J connectivity index is 1.70. The maximum atomic E-state index is 13.4. The van der Waals surface area contributed by atoms with Crippen LogP contribution in [-0.4, -0.2) is 17.0 Å². The van der Waals surface area contributed by atoms with E-state index in [2.05, 4.69) is 61.0 Å². The van der Waals surface area contributed by atoms with Gasteiger partial charge in [-0.15, -0.1) is 0 Å². The van der Waals surface area contributed by atoms with Crippen LogP contribution in [0.5, 0.6) is 5.75 Å². The third-order valence-electron chi connectivity index (χ3n) is 5.77. The normalized spacial score (nSPS) is 11.1. The molecule has 3 nitrogen and oxygen atoms in total. The van der Waals surface area contributed by atoms with E-state index in [4.69, 9.17) is 4.74 Å². The number of nitrogens with zero attached hydrogens (tertiary/aromatic N) is 1. The fourth-order valence-corrected chi connectivity index (χ4v) is 4.03. The first kappa shape index (κ1) is 20.9. The predicted octanol–water partition coefficient (Wildman–Crippen LogP) is 6.62. The molecule has 1 heterocycles. The number of fused-ring (bicyclic) bond motifs is 1. The van der Waals surface area contributed by atoms with Gasteiger partial charge in [-0.05, 0) is 53.3 Å². The molecule has 0 spiro atoms. The van der Waals surface area contributed by atoms with Crippen LogP contribution in [0.25, 0.3) is 22.0 Å². The van der Waals surface area contributed by atoms with Crippen molar-refractivity contribution in [2.24, 2.45) is 7.05 Å². The number of ketones is 1. The van der Waals surface area contributed by atoms with Crippen LogP contribution in [0.15, 0.2) is 72.9 Å². The third-order valence-corrected chi connectivity index (χ3v) is 5.77. The van der Waals surface area contributed by atoms with Gasteiger partial charge in [-0.2, -0.15) is 0 Å². The van der Waals surface area contributed by atoms with Gasteiger partial charge >= 0.3 is 0 Å². The molecule has 0 saturated heterocycles. The number of para-hydroxylation sites is 1. The number of Topliss-reactive ketones (excluding diaryl/α,β-unsaturated/α-hetero) is 1. The lowest BCUT2D eigenvalue weighted by Gasteiger charge is -2.13. The Bertz CT molecular complexity index is 1200. The second-order valence-corrected chi connectivity index (χ2v) is 7.99. The molecule has 0 radical (unpaired) electrons. The van der Waals surface area contributed by atoms with E-state index in [9.17, 15) is 4.79 Å². The van der Waals surface area contributed by atoms with Gasteiger partial charge in [0.2, 0.25) is 0 Å². The minimum atomic E-state index is 0.0782. The fourth-order valence-electron chi connectivity index (χ4n) is 4.03. The number of hydrogen-bond acceptors (Lipinski definition) is 2. The Labute approximate surface area is 184 Å². The molecule has 0 aliphatic rings. The topological polar surface area (TPSA) is 31.2 Å². The Kier molecular flexibility index (Phi) is 6.22. The second-order valence-electron chi connectivity index (χ2n) is 7.99. The molecule has 0 N–H and O–H groups in total. The summed E-state index contributed by atoms with van der Waals surface area (Å²) in [6.07, 6.45) is 4.32. The summed E-state index contributed by atoms with van der Waals surface area (Å²) in [5.41, 5.74) is 6.28. The first-order valence-corrected chi connectivity index (χ1v) is 11.0. The van der Waals surface area contributed by atoms with Crippen molar-refractivity contribution in [1.82, 2.24) is 4.57 Å². The number of benzene rings is 3. The van der Waals surface area contributed by atoms with Crippen LogP contribution in [-0.2, 0) is 19.9 Å². The van der Waals surface area contributed by atoms with Crippen LogP contribution in [0, 0.1) is 0 Å². The molecular formula is C28H29NO2. The van der Waals surface area contributed by atoms with Gasteiger partial charge in [0.25, 0.3) is 0 Å². The highest BCUT2D eigenvalue weighted by molar-refractivity contribution is 6.03. The number of aryl methyl sites for hydroxylation is 2. The number of rotatable bonds is 8. The zero-order valence-electron chi connectivity index (χ0n) is 18.5. The molecule has 0 bridgehead atoms. The highest BCUT2D eigenvalue weighted by atomic mass is 16.5. The molecular weight excluding hydrogens is 382 g/mol. The fraction of sp³-hybridized carbons (Fsp3) is 0.250. The zero-order chi connectivity index (χ0) is 21.8. The van der Waals surface area contributed by atoms with Crippen molar-refractivity contribution in [3.05, 3.63) is 89.6 Å². The minimum absolute atomic E-state index is 0.0782. The number of ether oxygens (including phenoxy) is 1. The molecule has 3 aromatic carbocycles. The van der Waals surface area contributed by atoms with Crippen molar-refractivity contribution in [2.45, 2.75) is 33.1 Å². The van der Waals surface area contributed by atoms with E-state index in [1.54, 1.807) is 0 Å². The van der Waals surface area contributed by atoms with Crippen molar-refractivity contribution in [2.75, 3.05) is 6.61 Å². The smallest absolute Gasteiger partial charge is 0.171 e. The minimum Gasteiger partial charge on any atom is -0.493 e. The molecule has 158 valence electrons. The molecule has 1 aromatic heterocycles. The van der Waals surface area contributed by atoms with E-state index in [-0.39, 0.29) is 5.78 Å². The van der Waals surface area contributed by atoms with Crippen LogP contribution in [0.1, 0.15) is 41.8 Å². The highest BCUT2D eigenvalue weighted by Crippen LogP contribution is 2.30. The number of carbonyl (C=O) groups excluding carboxylic acids is 1. The largest absolute Gasteiger partial charge is 0.493 e. The summed E-state index contributed by atoms with van der Waals surface area (Å²) < 4.78 is 8.02. The predicted molar refractivity (Wildman–Crippen MR) is 128 cm³/mol. The average Bonchev–Trinajstić information content (AvgIpc) is 3.13. The van der Waals surface area contributed by atoms with Crippen molar-refractivity contribution >= 4 is 16.7 Å². The summed E-state index contributed by atoms with van der Waals surface area (Å²) in [6, 6.07) is 22.7. The molecule has 4 rings (SSSR count). The van der Waals surface area contributed by atoms with E-state index in [1.807, 2.05) is 37.4 Å². The van der Waals surface area contributed by atoms with Crippen LogP contribution in [0.3, 0.4) is 0 Å². The van der Waals surface area contributed by atoms with E-state index in [0.717, 1.165) is 40.4 Å². The molecule has 0 aliphatic heterocycles. The van der Waals surface area contributed by atoms with E-state index in [0.29, 0.717) is 24.3 Å². The second kappa shape index (κ2) is 9.22. The summed E-state index contributed by atoms with van der Waals surface area (Å²) in [7, 11) is 2.02. The molecule has 31 heavy (non-hydrogen) atoms. The van der Waals surface area contributed by atoms with Crippen LogP contribution in [0.2, 0.25) is 0 Å². The van der Waals surface area contributed by atoms with Crippen LogP contribution in [0.4, 0.5) is 0 Å². The molecule has 0 saturated carbocycles. The van der Waals surface area contributed by atoms with E-state index >= 15 is 0 Å². The summed E-state index contributed by atoms with van der Waals surface area (Å²) in [4.78, 5) is 13.4. The van der Waals surface area contributed by atoms with Crippen LogP contribution >= 0.6 is 0 Å². The van der Waals surface area contributed by atoms with Gasteiger partial charge in [0, 0.05) is 30.6 Å². The quantitative estimate of drug-likeness (QED) is 0.305. The average molecular weight is 412 g/mol. The van der Waals surface area contributed by atoms with Gasteiger partial charge in [0.15, 0.2) is 5.78 Å². The first-order chi connectivity index (χ1) is 15.1. The molecule has 4 aromatic rings. The Hall–Kier alpha value is -3.33. The van der Waals surface area contributed by atoms with Gasteiger partial charge in [-0.3, -0.25) is 4.79 Å². The molecule has 0 amide bonds. The van der Waals surface area contributed by atoms with Gasteiger partial charge in [-0.1, -0.05) is 62.4 Å². The standard InChI is InChI=1S/C28H29NO2/c1-4-16-31-28-15-14-22(21-12-10-20(5-2)11-13-21)17-25(28)27(30)18-23-19-29(3)26-9-7-6-8-24(23)26/h6-15,17,19H,4-5,16,18H2,1-3H3. The van der Waals surface area contributed by atoms with Gasteiger partial charge in [0.05, 0.1) is 12.2 Å². The van der Waals surface area contributed by atoms with Crippen molar-refractivity contribution in [3.8, 4) is 16.9 Å². The number of aromatic nitrogens is 1. The maximum absolute atomic E-state index is 13.4. The van der Waals surface area contributed by atoms with Crippen molar-refractivity contribution in [1.29, 1.82) is 0 Å². The van der Waals surface area contributed by atoms with Gasteiger partial charge < -0.3 is 9.30 Å². The zero-order valence-corrected chi connectivity index (χ0v) is 18.5. The molecule has 0 unspecified atom stereocenters. The summed E-state index contributed by atoms with van der Waals surface area (Å²) in [5, 5.41) is 1.13. The Morgan fingerprint density at radius 1 is 0.935 bits per heavy atom. The Morgan fingerprint density at radius 3 is 2.42 bits per heavy atom. The first-order valence-electron chi connectivity index (χ1n) is 11.0. The van der Waals surface area contributed by atoms with Gasteiger partial charge in [0.1, 0.15) is 5.75 Å². The SMILES string of the molecule is CCCOc1ccc(-c2ccc(CC)cc2)cc1C(=O)Cc1cn(C)c2ccccc12. The Morgan fingerprint density at radius 2 is 1.68 bits per heavy atom. The van der Waals surface area contributed by atoms with Crippen LogP contribution < -0.4 is 4.74 Å². The number of hydrogen-bond donors (Lipinski definition) is 0. The molecule has 3 heteroatoms. The van der Waals surface area contributed by atoms with E-state index in [1.165, 1.54) is 5.56 Å². The monoisotopic (exact) mass is 411 g/mol. The maximum Gasteiger partial charge on any atom is 0.171 e. The molecule has 0 aliphatic carbocycles. The lowest BCUT2D eigenvalue weighted by Crippen LogP contribution is -2.08. The summed E-state index contributed by atoms with van der Waals surface area (Å²) in [5.74, 6) is 0.746. The summed E-state index contributed by atoms with van der Waals surface area (Å²) >= 11 is 0. The van der Waals surface area contributed by atoms with Crippen molar-refractivity contribution < 1.29 is 9.53 Å². The highest BCUT2D eigenvalue weighted by Gasteiger charge is 2.17. The van der Waals surface area contributed by atoms with Crippen molar-refractivity contribution in [3.63, 3.8) is 0 Å². The summed E-state index contributed by atoms with van der Waals surface area (Å²) in [6.45, 7) is 4.82.